The first kappa shape index (κ1) is 13.0. The zero-order valence-corrected chi connectivity index (χ0v) is 10.3. The predicted molar refractivity (Wildman–Crippen MR) is 59.4 cm³/mol. The third-order valence-electron chi connectivity index (χ3n) is 2.43. The smallest absolute Gasteiger partial charge is 0.305 e. The van der Waals surface area contributed by atoms with Gasteiger partial charge in [0.25, 0.3) is 0 Å². The van der Waals surface area contributed by atoms with Crippen molar-refractivity contribution >= 4 is 16.0 Å². The van der Waals surface area contributed by atoms with Crippen LogP contribution in [0.2, 0.25) is 0 Å². The third kappa shape index (κ3) is 3.06. The number of aryl methyl sites for hydroxylation is 1. The Bertz CT molecular complexity index is 534. The van der Waals surface area contributed by atoms with E-state index in [2.05, 4.69) is 9.82 Å². The molecule has 0 spiro atoms. The van der Waals surface area contributed by atoms with Crippen LogP contribution in [0.4, 0.5) is 0 Å². The number of rotatable bonds is 6. The topological polar surface area (TPSA) is 111 Å². The number of sulfonamides is 1. The molecule has 0 unspecified atom stereocenters. The van der Waals surface area contributed by atoms with Crippen LogP contribution < -0.4 is 4.72 Å². The van der Waals surface area contributed by atoms with Gasteiger partial charge in [-0.15, -0.1) is 0 Å². The van der Waals surface area contributed by atoms with Crippen LogP contribution in [0.5, 0.6) is 0 Å². The van der Waals surface area contributed by atoms with Crippen molar-refractivity contribution in [2.75, 3.05) is 13.2 Å². The van der Waals surface area contributed by atoms with Gasteiger partial charge in [0.05, 0.1) is 38.4 Å². The summed E-state index contributed by atoms with van der Waals surface area (Å²) in [5.74, 6) is -0.959. The van der Waals surface area contributed by atoms with Crippen molar-refractivity contribution in [3.63, 3.8) is 0 Å². The SMILES string of the molecule is O=C(O)CCn1cc(S(=O)(=O)NC2COC2)cn1. The largest absolute Gasteiger partial charge is 0.481 e. The third-order valence-corrected chi connectivity index (χ3v) is 3.91. The van der Waals surface area contributed by atoms with Gasteiger partial charge in [0, 0.05) is 6.20 Å². The summed E-state index contributed by atoms with van der Waals surface area (Å²) in [7, 11) is -3.60. The average molecular weight is 275 g/mol. The Kier molecular flexibility index (Phi) is 3.64. The Morgan fingerprint density at radius 3 is 2.89 bits per heavy atom. The Morgan fingerprint density at radius 1 is 1.61 bits per heavy atom. The van der Waals surface area contributed by atoms with Crippen LogP contribution in [-0.4, -0.2) is 48.5 Å². The Balaban J connectivity index is 2.01. The first-order valence-electron chi connectivity index (χ1n) is 5.32. The fraction of sp³-hybridized carbons (Fsp3) is 0.556. The molecular formula is C9H13N3O5S. The van der Waals surface area contributed by atoms with Crippen LogP contribution in [0.3, 0.4) is 0 Å². The first-order valence-corrected chi connectivity index (χ1v) is 6.80. The van der Waals surface area contributed by atoms with Gasteiger partial charge in [-0.2, -0.15) is 5.10 Å². The van der Waals surface area contributed by atoms with Crippen LogP contribution in [0.1, 0.15) is 6.42 Å². The van der Waals surface area contributed by atoms with Crippen molar-refractivity contribution in [2.24, 2.45) is 0 Å². The van der Waals surface area contributed by atoms with Gasteiger partial charge in [0.15, 0.2) is 0 Å². The van der Waals surface area contributed by atoms with E-state index < -0.39 is 16.0 Å². The summed E-state index contributed by atoms with van der Waals surface area (Å²) in [6.45, 7) is 0.871. The van der Waals surface area contributed by atoms with E-state index in [1.165, 1.54) is 17.1 Å². The zero-order valence-electron chi connectivity index (χ0n) is 9.44. The second-order valence-electron chi connectivity index (χ2n) is 3.94. The van der Waals surface area contributed by atoms with Gasteiger partial charge in [-0.3, -0.25) is 9.48 Å². The van der Waals surface area contributed by atoms with Crippen LogP contribution in [0.25, 0.3) is 0 Å². The number of nitrogens with zero attached hydrogens (tertiary/aromatic N) is 2. The van der Waals surface area contributed by atoms with Gasteiger partial charge in [-0.25, -0.2) is 13.1 Å². The van der Waals surface area contributed by atoms with Gasteiger partial charge in [-0.05, 0) is 0 Å². The Hall–Kier alpha value is -1.45. The molecule has 2 N–H and O–H groups in total. The number of aromatic nitrogens is 2. The van der Waals surface area contributed by atoms with E-state index in [1.807, 2.05) is 0 Å². The summed E-state index contributed by atoms with van der Waals surface area (Å²) in [4.78, 5) is 10.4. The number of nitrogens with one attached hydrogen (secondary N) is 1. The molecule has 18 heavy (non-hydrogen) atoms. The summed E-state index contributed by atoms with van der Waals surface area (Å²) < 4.78 is 32.3. The van der Waals surface area contributed by atoms with Gasteiger partial charge >= 0.3 is 5.97 Å². The molecule has 9 heteroatoms. The molecule has 0 atom stereocenters. The molecule has 2 rings (SSSR count). The standard InChI is InChI=1S/C9H13N3O5S/c13-9(14)1-2-12-4-8(3-10-12)18(15,16)11-7-5-17-6-7/h3-4,7,11H,1-2,5-6H2,(H,13,14). The Morgan fingerprint density at radius 2 is 2.33 bits per heavy atom. The first-order chi connectivity index (χ1) is 8.47. The minimum absolute atomic E-state index is 0.0276. The Labute approximate surface area is 104 Å². The zero-order chi connectivity index (χ0) is 13.2. The monoisotopic (exact) mass is 275 g/mol. The number of carboxylic acids is 1. The summed E-state index contributed by atoms with van der Waals surface area (Å²) in [6, 6.07) is -0.197. The molecule has 1 aromatic rings. The molecular weight excluding hydrogens is 262 g/mol. The van der Waals surface area contributed by atoms with Crippen molar-refractivity contribution in [1.82, 2.24) is 14.5 Å². The van der Waals surface area contributed by atoms with Crippen molar-refractivity contribution < 1.29 is 23.1 Å². The van der Waals surface area contributed by atoms with E-state index in [0.717, 1.165) is 0 Å². The molecule has 2 heterocycles. The highest BCUT2D eigenvalue weighted by Crippen LogP contribution is 2.10. The second-order valence-corrected chi connectivity index (χ2v) is 5.65. The summed E-state index contributed by atoms with van der Waals surface area (Å²) in [5.41, 5.74) is 0. The maximum Gasteiger partial charge on any atom is 0.305 e. The summed E-state index contributed by atoms with van der Waals surface area (Å²) >= 11 is 0. The highest BCUT2D eigenvalue weighted by atomic mass is 32.2. The molecule has 1 fully saturated rings. The van der Waals surface area contributed by atoms with Gasteiger partial charge < -0.3 is 9.84 Å². The molecule has 0 amide bonds. The molecule has 1 aliphatic rings. The maximum absolute atomic E-state index is 11.9. The number of carboxylic acid groups (broad SMARTS) is 1. The minimum atomic E-state index is -3.60. The highest BCUT2D eigenvalue weighted by Gasteiger charge is 2.26. The van der Waals surface area contributed by atoms with Crippen LogP contribution >= 0.6 is 0 Å². The lowest BCUT2D eigenvalue weighted by atomic mass is 10.3. The van der Waals surface area contributed by atoms with E-state index in [0.29, 0.717) is 13.2 Å². The van der Waals surface area contributed by atoms with E-state index in [-0.39, 0.29) is 23.9 Å². The van der Waals surface area contributed by atoms with Crippen molar-refractivity contribution in [1.29, 1.82) is 0 Å². The molecule has 0 saturated carbocycles. The quantitative estimate of drug-likeness (QED) is 0.691. The van der Waals surface area contributed by atoms with Gasteiger partial charge in [-0.1, -0.05) is 0 Å². The number of aliphatic carboxylic acids is 1. The fourth-order valence-electron chi connectivity index (χ4n) is 1.41. The van der Waals surface area contributed by atoms with Crippen LogP contribution in [0, 0.1) is 0 Å². The molecule has 8 nitrogen and oxygen atoms in total. The molecule has 1 saturated heterocycles. The summed E-state index contributed by atoms with van der Waals surface area (Å²) in [6.07, 6.45) is 2.40. The van der Waals surface area contributed by atoms with Crippen LogP contribution in [0.15, 0.2) is 17.3 Å². The number of ether oxygens (including phenoxy) is 1. The predicted octanol–water partition coefficient (Wildman–Crippen LogP) is -0.965. The van der Waals surface area contributed by atoms with E-state index in [4.69, 9.17) is 9.84 Å². The lowest BCUT2D eigenvalue weighted by Gasteiger charge is -2.26. The average Bonchev–Trinajstić information content (AvgIpc) is 2.70. The van der Waals surface area contributed by atoms with Gasteiger partial charge in [0.2, 0.25) is 10.0 Å². The van der Waals surface area contributed by atoms with Crippen molar-refractivity contribution in [3.8, 4) is 0 Å². The van der Waals surface area contributed by atoms with E-state index >= 15 is 0 Å². The number of hydrogen-bond donors (Lipinski definition) is 2. The van der Waals surface area contributed by atoms with E-state index in [1.54, 1.807) is 0 Å². The molecule has 0 bridgehead atoms. The van der Waals surface area contributed by atoms with Crippen LogP contribution in [-0.2, 0) is 26.1 Å². The number of hydrogen-bond acceptors (Lipinski definition) is 5. The number of carbonyl (C=O) groups is 1. The second kappa shape index (κ2) is 5.04. The molecule has 0 aromatic carbocycles. The highest BCUT2D eigenvalue weighted by molar-refractivity contribution is 7.89. The summed E-state index contributed by atoms with van der Waals surface area (Å²) in [5, 5.41) is 12.3. The molecule has 1 aliphatic heterocycles. The molecule has 0 radical (unpaired) electrons. The minimum Gasteiger partial charge on any atom is -0.481 e. The molecule has 1 aromatic heterocycles. The fourth-order valence-corrected chi connectivity index (χ4v) is 2.56. The molecule has 100 valence electrons. The lowest BCUT2D eigenvalue weighted by Crippen LogP contribution is -2.48. The van der Waals surface area contributed by atoms with Crippen molar-refractivity contribution in [2.45, 2.75) is 23.9 Å². The maximum atomic E-state index is 11.9. The van der Waals surface area contributed by atoms with Crippen molar-refractivity contribution in [3.05, 3.63) is 12.4 Å². The molecule has 0 aliphatic carbocycles. The van der Waals surface area contributed by atoms with Gasteiger partial charge in [0.1, 0.15) is 4.90 Å². The lowest BCUT2D eigenvalue weighted by molar-refractivity contribution is -0.137. The normalized spacial score (nSPS) is 16.4. The van der Waals surface area contributed by atoms with E-state index in [9.17, 15) is 13.2 Å².